The second kappa shape index (κ2) is 6.00. The maximum absolute atomic E-state index is 13.1. The van der Waals surface area contributed by atoms with Gasteiger partial charge in [0.2, 0.25) is 0 Å². The Morgan fingerprint density at radius 2 is 1.86 bits per heavy atom. The van der Waals surface area contributed by atoms with Crippen molar-refractivity contribution in [3.05, 3.63) is 50.7 Å². The zero-order chi connectivity index (χ0) is 15.8. The maximum Gasteiger partial charge on any atom is 0.264 e. The van der Waals surface area contributed by atoms with E-state index in [1.807, 2.05) is 0 Å². The molecule has 2 aromatic rings. The average Bonchev–Trinajstić information content (AvgIpc) is 2.33. The topological polar surface area (TPSA) is 72.2 Å². The van der Waals surface area contributed by atoms with Crippen LogP contribution >= 0.6 is 39.1 Å². The average molecular weight is 414 g/mol. The predicted molar refractivity (Wildman–Crippen MR) is 85.8 cm³/mol. The lowest BCUT2D eigenvalue weighted by molar-refractivity contribution is 0.601. The second-order valence-corrected chi connectivity index (χ2v) is 7.38. The van der Waals surface area contributed by atoms with E-state index < -0.39 is 15.8 Å². The normalized spacial score (nSPS) is 11.4. The second-order valence-electron chi connectivity index (χ2n) is 4.03. The molecule has 0 fully saturated rings. The molecule has 112 valence electrons. The molecule has 0 spiro atoms. The summed E-state index contributed by atoms with van der Waals surface area (Å²) in [5.41, 5.74) is 5.66. The maximum atomic E-state index is 13.1. The Labute approximate surface area is 139 Å². The number of nitrogen functional groups attached to an aromatic ring is 1. The number of hydrogen-bond donors (Lipinski definition) is 2. The summed E-state index contributed by atoms with van der Waals surface area (Å²) in [6.07, 6.45) is 0. The van der Waals surface area contributed by atoms with Gasteiger partial charge in [-0.2, -0.15) is 0 Å². The van der Waals surface area contributed by atoms with Gasteiger partial charge in [0.25, 0.3) is 10.0 Å². The van der Waals surface area contributed by atoms with E-state index in [-0.39, 0.29) is 25.8 Å². The van der Waals surface area contributed by atoms with Gasteiger partial charge in [0.1, 0.15) is 10.7 Å². The highest BCUT2D eigenvalue weighted by Crippen LogP contribution is 2.34. The first-order valence-corrected chi connectivity index (χ1v) is 8.46. The van der Waals surface area contributed by atoms with E-state index in [0.717, 1.165) is 12.1 Å². The van der Waals surface area contributed by atoms with Gasteiger partial charge < -0.3 is 5.73 Å². The Bertz CT molecular complexity index is 792. The van der Waals surface area contributed by atoms with Crippen LogP contribution in [0.1, 0.15) is 0 Å². The molecule has 0 aliphatic heterocycles. The van der Waals surface area contributed by atoms with E-state index in [0.29, 0.717) is 5.02 Å². The first kappa shape index (κ1) is 16.4. The summed E-state index contributed by atoms with van der Waals surface area (Å²) in [5.74, 6) is -0.596. The zero-order valence-electron chi connectivity index (χ0n) is 10.2. The van der Waals surface area contributed by atoms with Crippen molar-refractivity contribution in [1.82, 2.24) is 0 Å². The lowest BCUT2D eigenvalue weighted by Crippen LogP contribution is -2.15. The van der Waals surface area contributed by atoms with Gasteiger partial charge in [0.15, 0.2) is 0 Å². The fraction of sp³-hybridized carbons (Fsp3) is 0. The Hall–Kier alpha value is -1.02. The molecule has 2 aromatic carbocycles. The number of benzene rings is 2. The van der Waals surface area contributed by atoms with Gasteiger partial charge in [-0.25, -0.2) is 12.8 Å². The summed E-state index contributed by atoms with van der Waals surface area (Å²) in [6, 6.07) is 6.07. The van der Waals surface area contributed by atoms with Crippen molar-refractivity contribution in [2.24, 2.45) is 0 Å². The van der Waals surface area contributed by atoms with E-state index in [1.165, 1.54) is 18.2 Å². The van der Waals surface area contributed by atoms with Crippen molar-refractivity contribution < 1.29 is 12.8 Å². The standard InChI is InChI=1S/C12H8BrCl2FN2O2S/c13-8-4-7(16)5-9(15)12(8)18-21(19,20)11-2-1-6(14)3-10(11)17/h1-5,18H,17H2. The van der Waals surface area contributed by atoms with E-state index in [4.69, 9.17) is 28.9 Å². The lowest BCUT2D eigenvalue weighted by atomic mass is 10.3. The van der Waals surface area contributed by atoms with Gasteiger partial charge in [-0.1, -0.05) is 23.2 Å². The molecule has 0 bridgehead atoms. The van der Waals surface area contributed by atoms with Crippen LogP contribution in [0.3, 0.4) is 0 Å². The summed E-state index contributed by atoms with van der Waals surface area (Å²) >= 11 is 14.6. The highest BCUT2D eigenvalue weighted by molar-refractivity contribution is 9.10. The van der Waals surface area contributed by atoms with Crippen molar-refractivity contribution in [2.75, 3.05) is 10.5 Å². The number of sulfonamides is 1. The number of nitrogens with two attached hydrogens (primary N) is 1. The molecule has 0 aliphatic carbocycles. The van der Waals surface area contributed by atoms with Gasteiger partial charge in [0, 0.05) is 9.50 Å². The number of hydrogen-bond acceptors (Lipinski definition) is 3. The number of anilines is 2. The van der Waals surface area contributed by atoms with Gasteiger partial charge in [-0.3, -0.25) is 4.72 Å². The first-order valence-electron chi connectivity index (χ1n) is 5.43. The predicted octanol–water partition coefficient (Wildman–Crippen LogP) is 4.28. The van der Waals surface area contributed by atoms with Crippen molar-refractivity contribution in [1.29, 1.82) is 0 Å². The molecule has 4 nitrogen and oxygen atoms in total. The van der Waals surface area contributed by atoms with Gasteiger partial charge in [-0.05, 0) is 46.3 Å². The SMILES string of the molecule is Nc1cc(Cl)ccc1S(=O)(=O)Nc1c(Cl)cc(F)cc1Br. The molecule has 0 atom stereocenters. The van der Waals surface area contributed by atoms with Crippen LogP contribution in [0.15, 0.2) is 39.7 Å². The zero-order valence-corrected chi connectivity index (χ0v) is 14.1. The van der Waals surface area contributed by atoms with Crippen LogP contribution in [-0.4, -0.2) is 8.42 Å². The third-order valence-electron chi connectivity index (χ3n) is 2.50. The number of nitrogens with one attached hydrogen (secondary N) is 1. The molecule has 3 N–H and O–H groups in total. The Morgan fingerprint density at radius 3 is 2.43 bits per heavy atom. The summed E-state index contributed by atoms with van der Waals surface area (Å²) in [5, 5.41) is 0.227. The summed E-state index contributed by atoms with van der Waals surface area (Å²) in [6.45, 7) is 0. The summed E-state index contributed by atoms with van der Waals surface area (Å²) in [4.78, 5) is -0.154. The minimum atomic E-state index is -3.99. The van der Waals surface area contributed by atoms with E-state index >= 15 is 0 Å². The molecule has 0 unspecified atom stereocenters. The largest absolute Gasteiger partial charge is 0.398 e. The summed E-state index contributed by atoms with van der Waals surface area (Å²) < 4.78 is 40.2. The molecule has 0 heterocycles. The number of halogens is 4. The van der Waals surface area contributed by atoms with Crippen molar-refractivity contribution in [2.45, 2.75) is 4.90 Å². The molecule has 0 amide bonds. The molecule has 0 saturated heterocycles. The molecule has 9 heteroatoms. The smallest absolute Gasteiger partial charge is 0.264 e. The molecular formula is C12H8BrCl2FN2O2S. The molecule has 2 rings (SSSR count). The fourth-order valence-corrected chi connectivity index (χ4v) is 4.07. The van der Waals surface area contributed by atoms with E-state index in [1.54, 1.807) is 0 Å². The van der Waals surface area contributed by atoms with Crippen LogP contribution in [0, 0.1) is 5.82 Å². The van der Waals surface area contributed by atoms with Crippen LogP contribution in [-0.2, 0) is 10.0 Å². The third-order valence-corrected chi connectivity index (χ3v) is 5.09. The number of rotatable bonds is 3. The highest BCUT2D eigenvalue weighted by atomic mass is 79.9. The van der Waals surface area contributed by atoms with Crippen molar-refractivity contribution >= 4 is 60.5 Å². The Kier molecular flexibility index (Phi) is 4.67. The molecule has 0 radical (unpaired) electrons. The lowest BCUT2D eigenvalue weighted by Gasteiger charge is -2.13. The molecule has 21 heavy (non-hydrogen) atoms. The van der Waals surface area contributed by atoms with E-state index in [9.17, 15) is 12.8 Å². The van der Waals surface area contributed by atoms with Crippen LogP contribution < -0.4 is 10.5 Å². The van der Waals surface area contributed by atoms with Crippen LogP contribution in [0.2, 0.25) is 10.0 Å². The molecule has 0 aromatic heterocycles. The molecule has 0 aliphatic rings. The highest BCUT2D eigenvalue weighted by Gasteiger charge is 2.21. The summed E-state index contributed by atoms with van der Waals surface area (Å²) in [7, 11) is -3.99. The fourth-order valence-electron chi connectivity index (χ4n) is 1.59. The monoisotopic (exact) mass is 412 g/mol. The minimum Gasteiger partial charge on any atom is -0.398 e. The van der Waals surface area contributed by atoms with Gasteiger partial charge >= 0.3 is 0 Å². The van der Waals surface area contributed by atoms with Crippen molar-refractivity contribution in [3.8, 4) is 0 Å². The van der Waals surface area contributed by atoms with E-state index in [2.05, 4.69) is 20.7 Å². The van der Waals surface area contributed by atoms with Gasteiger partial charge in [0.05, 0.1) is 16.4 Å². The quantitative estimate of drug-likeness (QED) is 0.737. The van der Waals surface area contributed by atoms with Crippen molar-refractivity contribution in [3.63, 3.8) is 0 Å². The molecule has 0 saturated carbocycles. The third kappa shape index (κ3) is 3.60. The van der Waals surface area contributed by atoms with Gasteiger partial charge in [-0.15, -0.1) is 0 Å². The Morgan fingerprint density at radius 1 is 1.19 bits per heavy atom. The molecular weight excluding hydrogens is 406 g/mol. The van der Waals surface area contributed by atoms with Crippen LogP contribution in [0.5, 0.6) is 0 Å². The first-order chi connectivity index (χ1) is 9.70. The Balaban J connectivity index is 2.47. The minimum absolute atomic E-state index is 0.00986. The van der Waals surface area contributed by atoms with Crippen LogP contribution in [0.4, 0.5) is 15.8 Å². The van der Waals surface area contributed by atoms with Crippen LogP contribution in [0.25, 0.3) is 0 Å².